The number of fused-ring (bicyclic) bond motifs is 1. The number of hydrogen-bond donors (Lipinski definition) is 1. The first kappa shape index (κ1) is 20.0. The van der Waals surface area contributed by atoms with Gasteiger partial charge in [0.1, 0.15) is 10.7 Å². The van der Waals surface area contributed by atoms with Gasteiger partial charge in [-0.05, 0) is 60.5 Å². The number of esters is 1. The van der Waals surface area contributed by atoms with Gasteiger partial charge in [-0.1, -0.05) is 32.0 Å². The number of carbonyl (C=O) groups is 2. The average molecular weight is 399 g/mol. The molecule has 0 aliphatic heterocycles. The SMILES string of the molecule is Cc1cccc(C(C)C)c1NC(=O)[C@@H](C)OC(=O)c1cc2cc(F)ccc2s1. The Kier molecular flexibility index (Phi) is 5.79. The monoisotopic (exact) mass is 399 g/mol. The molecule has 146 valence electrons. The lowest BCUT2D eigenvalue weighted by Gasteiger charge is -2.18. The maximum Gasteiger partial charge on any atom is 0.349 e. The van der Waals surface area contributed by atoms with Gasteiger partial charge in [0.15, 0.2) is 6.10 Å². The molecule has 0 aliphatic rings. The molecule has 0 aliphatic carbocycles. The number of anilines is 1. The second-order valence-corrected chi connectivity index (χ2v) is 8.11. The van der Waals surface area contributed by atoms with Crippen LogP contribution in [0.1, 0.15) is 47.5 Å². The molecule has 0 saturated heterocycles. The molecule has 0 unspecified atom stereocenters. The largest absolute Gasteiger partial charge is 0.448 e. The van der Waals surface area contributed by atoms with Gasteiger partial charge in [-0.2, -0.15) is 0 Å². The van der Waals surface area contributed by atoms with Crippen molar-refractivity contribution in [3.05, 3.63) is 64.3 Å². The third-order valence-corrected chi connectivity index (χ3v) is 5.60. The van der Waals surface area contributed by atoms with Gasteiger partial charge in [0.25, 0.3) is 5.91 Å². The molecule has 3 aromatic rings. The van der Waals surface area contributed by atoms with Crippen LogP contribution in [0, 0.1) is 12.7 Å². The van der Waals surface area contributed by atoms with E-state index in [9.17, 15) is 14.0 Å². The smallest absolute Gasteiger partial charge is 0.349 e. The van der Waals surface area contributed by atoms with Crippen LogP contribution >= 0.6 is 11.3 Å². The highest BCUT2D eigenvalue weighted by atomic mass is 32.1. The van der Waals surface area contributed by atoms with Crippen LogP contribution in [0.3, 0.4) is 0 Å². The van der Waals surface area contributed by atoms with Gasteiger partial charge in [-0.25, -0.2) is 9.18 Å². The van der Waals surface area contributed by atoms with Crippen LogP contribution in [0.25, 0.3) is 10.1 Å². The summed E-state index contributed by atoms with van der Waals surface area (Å²) >= 11 is 1.21. The van der Waals surface area contributed by atoms with E-state index in [4.69, 9.17) is 4.74 Å². The fourth-order valence-corrected chi connectivity index (χ4v) is 3.88. The molecular weight excluding hydrogens is 377 g/mol. The number of hydrogen-bond acceptors (Lipinski definition) is 4. The number of carbonyl (C=O) groups excluding carboxylic acids is 2. The van der Waals surface area contributed by atoms with Crippen molar-refractivity contribution >= 4 is 39.0 Å². The average Bonchev–Trinajstić information content (AvgIpc) is 3.06. The highest BCUT2D eigenvalue weighted by Gasteiger charge is 2.22. The van der Waals surface area contributed by atoms with Crippen molar-refractivity contribution in [2.75, 3.05) is 5.32 Å². The topological polar surface area (TPSA) is 55.4 Å². The Bertz CT molecular complexity index is 1040. The summed E-state index contributed by atoms with van der Waals surface area (Å²) in [5.74, 6) is -1.11. The summed E-state index contributed by atoms with van der Waals surface area (Å²) in [5, 5.41) is 3.52. The third kappa shape index (κ3) is 4.22. The van der Waals surface area contributed by atoms with Crippen LogP contribution in [-0.2, 0) is 9.53 Å². The standard InChI is InChI=1S/C22H22FNO3S/c1-12(2)17-7-5-6-13(3)20(17)24-21(25)14(4)27-22(26)19-11-15-10-16(23)8-9-18(15)28-19/h5-12,14H,1-4H3,(H,24,25)/t14-/m1/s1. The number of amides is 1. The Morgan fingerprint density at radius 2 is 1.86 bits per heavy atom. The predicted molar refractivity (Wildman–Crippen MR) is 111 cm³/mol. The molecule has 28 heavy (non-hydrogen) atoms. The van der Waals surface area contributed by atoms with Gasteiger partial charge in [-0.15, -0.1) is 11.3 Å². The quantitative estimate of drug-likeness (QED) is 0.564. The van der Waals surface area contributed by atoms with E-state index in [2.05, 4.69) is 19.2 Å². The molecule has 1 N–H and O–H groups in total. The molecular formula is C22H22FNO3S. The van der Waals surface area contributed by atoms with Gasteiger partial charge in [0, 0.05) is 10.4 Å². The molecule has 0 saturated carbocycles. The van der Waals surface area contributed by atoms with Crippen molar-refractivity contribution in [2.24, 2.45) is 0 Å². The number of ether oxygens (including phenoxy) is 1. The molecule has 4 nitrogen and oxygen atoms in total. The first-order valence-electron chi connectivity index (χ1n) is 9.06. The molecule has 2 aromatic carbocycles. The summed E-state index contributed by atoms with van der Waals surface area (Å²) in [6, 6.07) is 11.8. The second-order valence-electron chi connectivity index (χ2n) is 7.02. The Morgan fingerprint density at radius 1 is 1.11 bits per heavy atom. The fraction of sp³-hybridized carbons (Fsp3) is 0.273. The number of nitrogens with one attached hydrogen (secondary N) is 1. The van der Waals surface area contributed by atoms with E-state index in [-0.39, 0.29) is 11.7 Å². The zero-order valence-electron chi connectivity index (χ0n) is 16.2. The zero-order valence-corrected chi connectivity index (χ0v) is 17.0. The highest BCUT2D eigenvalue weighted by Crippen LogP contribution is 2.29. The van der Waals surface area contributed by atoms with E-state index >= 15 is 0 Å². The van der Waals surface area contributed by atoms with Crippen molar-refractivity contribution in [1.29, 1.82) is 0 Å². The van der Waals surface area contributed by atoms with Gasteiger partial charge < -0.3 is 10.1 Å². The van der Waals surface area contributed by atoms with Crippen molar-refractivity contribution in [2.45, 2.75) is 39.7 Å². The molecule has 0 fully saturated rings. The fourth-order valence-electron chi connectivity index (χ4n) is 2.95. The minimum atomic E-state index is -0.964. The van der Waals surface area contributed by atoms with Crippen LogP contribution in [0.2, 0.25) is 0 Å². The van der Waals surface area contributed by atoms with Crippen molar-refractivity contribution in [3.8, 4) is 0 Å². The van der Waals surface area contributed by atoms with Crippen molar-refractivity contribution in [3.63, 3.8) is 0 Å². The van der Waals surface area contributed by atoms with E-state index in [0.29, 0.717) is 10.3 Å². The van der Waals surface area contributed by atoms with E-state index in [0.717, 1.165) is 21.5 Å². The molecule has 0 bridgehead atoms. The molecule has 0 spiro atoms. The number of benzene rings is 2. The van der Waals surface area contributed by atoms with Crippen LogP contribution < -0.4 is 5.32 Å². The Morgan fingerprint density at radius 3 is 2.57 bits per heavy atom. The van der Waals surface area contributed by atoms with Crippen molar-refractivity contribution in [1.82, 2.24) is 0 Å². The normalized spacial score (nSPS) is 12.2. The zero-order chi connectivity index (χ0) is 20.4. The third-order valence-electron chi connectivity index (χ3n) is 4.51. The van der Waals surface area contributed by atoms with Crippen molar-refractivity contribution < 1.29 is 18.7 Å². The van der Waals surface area contributed by atoms with Crippen LogP contribution in [0.15, 0.2) is 42.5 Å². The van der Waals surface area contributed by atoms with E-state index in [1.54, 1.807) is 12.1 Å². The molecule has 0 radical (unpaired) electrons. The molecule has 1 aromatic heterocycles. The lowest BCUT2D eigenvalue weighted by atomic mass is 9.98. The summed E-state index contributed by atoms with van der Waals surface area (Å²) < 4.78 is 19.4. The van der Waals surface area contributed by atoms with Crippen LogP contribution in [0.5, 0.6) is 0 Å². The number of halogens is 1. The van der Waals surface area contributed by atoms with E-state index in [1.807, 2.05) is 25.1 Å². The van der Waals surface area contributed by atoms with Gasteiger partial charge in [-0.3, -0.25) is 4.79 Å². The van der Waals surface area contributed by atoms with Gasteiger partial charge in [0.2, 0.25) is 0 Å². The molecule has 1 heterocycles. The maximum atomic E-state index is 13.3. The highest BCUT2D eigenvalue weighted by molar-refractivity contribution is 7.20. The first-order chi connectivity index (χ1) is 13.3. The lowest BCUT2D eigenvalue weighted by Crippen LogP contribution is -2.30. The summed E-state index contributed by atoms with van der Waals surface area (Å²) in [6.07, 6.45) is -0.964. The summed E-state index contributed by atoms with van der Waals surface area (Å²) in [6.45, 7) is 7.57. The molecule has 3 rings (SSSR count). The minimum absolute atomic E-state index is 0.243. The summed E-state index contributed by atoms with van der Waals surface area (Å²) in [4.78, 5) is 25.3. The van der Waals surface area contributed by atoms with Crippen LogP contribution in [-0.4, -0.2) is 18.0 Å². The number of rotatable bonds is 5. The minimum Gasteiger partial charge on any atom is -0.448 e. The van der Waals surface area contributed by atoms with E-state index in [1.165, 1.54) is 30.4 Å². The Labute approximate surface area is 167 Å². The van der Waals surface area contributed by atoms with Crippen LogP contribution in [0.4, 0.5) is 10.1 Å². The van der Waals surface area contributed by atoms with Gasteiger partial charge >= 0.3 is 5.97 Å². The molecule has 6 heteroatoms. The number of aryl methyl sites for hydroxylation is 1. The number of para-hydroxylation sites is 1. The first-order valence-corrected chi connectivity index (χ1v) is 9.88. The Balaban J connectivity index is 1.72. The van der Waals surface area contributed by atoms with Gasteiger partial charge in [0.05, 0.1) is 0 Å². The van der Waals surface area contributed by atoms with E-state index < -0.39 is 18.0 Å². The number of thiophene rings is 1. The predicted octanol–water partition coefficient (Wildman–Crippen LogP) is 5.66. The lowest BCUT2D eigenvalue weighted by molar-refractivity contribution is -0.123. The molecule has 1 amide bonds. The second kappa shape index (κ2) is 8.10. The Hall–Kier alpha value is -2.73. The maximum absolute atomic E-state index is 13.3. The molecule has 1 atom stereocenters. The summed E-state index contributed by atoms with van der Waals surface area (Å²) in [5.41, 5.74) is 2.73. The summed E-state index contributed by atoms with van der Waals surface area (Å²) in [7, 11) is 0.